The molecule has 9 rings (SSSR count). The summed E-state index contributed by atoms with van der Waals surface area (Å²) in [5.41, 5.74) is 9.43. The Labute approximate surface area is 267 Å². The van der Waals surface area contributed by atoms with E-state index in [0.717, 1.165) is 39.5 Å². The molecule has 0 fully saturated rings. The highest BCUT2D eigenvalue weighted by atomic mass is 15.0. The summed E-state index contributed by atoms with van der Waals surface area (Å²) in [5, 5.41) is 7.43. The summed E-state index contributed by atoms with van der Waals surface area (Å²) >= 11 is 0. The molecule has 0 saturated heterocycles. The molecule has 6 aromatic carbocycles. The molecular formula is C42H32N4. The van der Waals surface area contributed by atoms with Crippen LogP contribution >= 0.6 is 0 Å². The van der Waals surface area contributed by atoms with Crippen LogP contribution in [0.5, 0.6) is 0 Å². The Morgan fingerprint density at radius 1 is 0.478 bits per heavy atom. The number of pyridine rings is 1. The second-order valence-electron chi connectivity index (χ2n) is 11.2. The molecule has 4 heteroatoms. The number of imidazole rings is 1. The number of nitrogens with zero attached hydrogens (tertiary/aromatic N) is 2. The highest BCUT2D eigenvalue weighted by Crippen LogP contribution is 2.44. The Kier molecular flexibility index (Phi) is 6.88. The van der Waals surface area contributed by atoms with Crippen molar-refractivity contribution in [2.45, 2.75) is 13.8 Å². The highest BCUT2D eigenvalue weighted by molar-refractivity contribution is 6.22. The van der Waals surface area contributed by atoms with E-state index >= 15 is 0 Å². The number of nitrogens with one attached hydrogen (secondary N) is 2. The Bertz CT molecular complexity index is 2450. The molecule has 0 unspecified atom stereocenters. The lowest BCUT2D eigenvalue weighted by atomic mass is 9.85. The number of aromatic nitrogens is 4. The van der Waals surface area contributed by atoms with Crippen molar-refractivity contribution in [3.05, 3.63) is 146 Å². The summed E-state index contributed by atoms with van der Waals surface area (Å²) in [6.07, 6.45) is 1.91. The molecule has 3 aromatic heterocycles. The number of hydrogen-bond donors (Lipinski definition) is 2. The molecule has 0 radical (unpaired) electrons. The topological polar surface area (TPSA) is 57.4 Å². The van der Waals surface area contributed by atoms with Crippen LogP contribution in [-0.4, -0.2) is 19.9 Å². The SMILES string of the molecule is CC.c1cc(-c2ccc[nH]2)nc(-c2nc3cc(-c4c5ccccc5c(-c5ccc6ccccc6c5)c5ccccc45)ccc3[nH]2)c1. The molecule has 4 nitrogen and oxygen atoms in total. The molecule has 0 atom stereocenters. The highest BCUT2D eigenvalue weighted by Gasteiger charge is 2.18. The van der Waals surface area contributed by atoms with E-state index in [1.165, 1.54) is 49.0 Å². The lowest BCUT2D eigenvalue weighted by Crippen LogP contribution is -1.91. The fourth-order valence-corrected chi connectivity index (χ4v) is 6.58. The van der Waals surface area contributed by atoms with Crippen molar-refractivity contribution in [1.82, 2.24) is 19.9 Å². The molecule has 0 aliphatic rings. The molecule has 0 bridgehead atoms. The molecule has 2 N–H and O–H groups in total. The Balaban J connectivity index is 0.00000153. The first-order valence-corrected chi connectivity index (χ1v) is 15.8. The average Bonchev–Trinajstić information content (AvgIpc) is 3.82. The summed E-state index contributed by atoms with van der Waals surface area (Å²) in [4.78, 5) is 16.6. The number of aromatic amines is 2. The van der Waals surface area contributed by atoms with Crippen molar-refractivity contribution >= 4 is 43.4 Å². The number of hydrogen-bond acceptors (Lipinski definition) is 2. The Hall–Kier alpha value is -6.00. The van der Waals surface area contributed by atoms with Gasteiger partial charge in [-0.25, -0.2) is 9.97 Å². The van der Waals surface area contributed by atoms with Crippen molar-refractivity contribution in [1.29, 1.82) is 0 Å². The van der Waals surface area contributed by atoms with E-state index in [0.29, 0.717) is 0 Å². The molecule has 0 spiro atoms. The van der Waals surface area contributed by atoms with Crippen LogP contribution in [0.2, 0.25) is 0 Å². The largest absolute Gasteiger partial charge is 0.360 e. The van der Waals surface area contributed by atoms with Crippen molar-refractivity contribution < 1.29 is 0 Å². The zero-order valence-corrected chi connectivity index (χ0v) is 25.8. The minimum Gasteiger partial charge on any atom is -0.360 e. The summed E-state index contributed by atoms with van der Waals surface area (Å²) in [6, 6.07) is 49.5. The third-order valence-corrected chi connectivity index (χ3v) is 8.61. The van der Waals surface area contributed by atoms with Gasteiger partial charge in [-0.1, -0.05) is 111 Å². The summed E-state index contributed by atoms with van der Waals surface area (Å²) in [6.45, 7) is 4.00. The van der Waals surface area contributed by atoms with Crippen LogP contribution in [0.4, 0.5) is 0 Å². The summed E-state index contributed by atoms with van der Waals surface area (Å²) < 4.78 is 0. The maximum absolute atomic E-state index is 5.02. The standard InChI is InChI=1S/C40H26N4.C2H6/c1-2-10-26-23-27(19-18-25(26)9-1)38-29-11-3-5-13-31(29)39(32-14-6-4-12-30(32)38)28-20-21-35-37(24-28)44-40(43-35)36-16-7-15-34(42-36)33-17-8-22-41-33;1-2/h1-24,41H,(H,43,44);1-2H3. The molecule has 9 aromatic rings. The number of fused-ring (bicyclic) bond motifs is 4. The quantitative estimate of drug-likeness (QED) is 0.200. The van der Waals surface area contributed by atoms with E-state index in [-0.39, 0.29) is 0 Å². The number of benzene rings is 6. The van der Waals surface area contributed by atoms with E-state index in [4.69, 9.17) is 9.97 Å². The van der Waals surface area contributed by atoms with Gasteiger partial charge in [-0.2, -0.15) is 0 Å². The Morgan fingerprint density at radius 3 is 1.76 bits per heavy atom. The normalized spacial score (nSPS) is 11.3. The minimum atomic E-state index is 0.756. The Morgan fingerprint density at radius 2 is 1.09 bits per heavy atom. The second kappa shape index (κ2) is 11.5. The first-order valence-electron chi connectivity index (χ1n) is 15.8. The molecule has 220 valence electrons. The van der Waals surface area contributed by atoms with Gasteiger partial charge in [0.2, 0.25) is 0 Å². The molecular weight excluding hydrogens is 560 g/mol. The minimum absolute atomic E-state index is 0.756. The van der Waals surface area contributed by atoms with Crippen molar-refractivity contribution in [3.63, 3.8) is 0 Å². The van der Waals surface area contributed by atoms with Crippen LogP contribution in [0.15, 0.2) is 146 Å². The van der Waals surface area contributed by atoms with Crippen molar-refractivity contribution in [2.75, 3.05) is 0 Å². The molecule has 0 aliphatic carbocycles. The first kappa shape index (κ1) is 27.5. The van der Waals surface area contributed by atoms with Crippen molar-refractivity contribution in [3.8, 4) is 45.2 Å². The summed E-state index contributed by atoms with van der Waals surface area (Å²) in [5.74, 6) is 0.756. The van der Waals surface area contributed by atoms with Crippen LogP contribution in [0.3, 0.4) is 0 Å². The van der Waals surface area contributed by atoms with Crippen LogP contribution in [0.25, 0.3) is 88.5 Å². The van der Waals surface area contributed by atoms with Gasteiger partial charge >= 0.3 is 0 Å². The fraction of sp³-hybridized carbons (Fsp3) is 0.0476. The lowest BCUT2D eigenvalue weighted by molar-refractivity contribution is 1.22. The zero-order valence-electron chi connectivity index (χ0n) is 25.8. The maximum Gasteiger partial charge on any atom is 0.157 e. The molecule has 46 heavy (non-hydrogen) atoms. The van der Waals surface area contributed by atoms with Crippen LogP contribution in [-0.2, 0) is 0 Å². The van der Waals surface area contributed by atoms with E-state index in [9.17, 15) is 0 Å². The first-order chi connectivity index (χ1) is 22.8. The van der Waals surface area contributed by atoms with Gasteiger partial charge in [0.15, 0.2) is 5.82 Å². The van der Waals surface area contributed by atoms with Gasteiger partial charge in [0.05, 0.1) is 22.4 Å². The van der Waals surface area contributed by atoms with Gasteiger partial charge in [-0.3, -0.25) is 0 Å². The van der Waals surface area contributed by atoms with Crippen LogP contribution < -0.4 is 0 Å². The predicted molar refractivity (Wildman–Crippen MR) is 194 cm³/mol. The predicted octanol–water partition coefficient (Wildman–Crippen LogP) is 11.4. The third kappa shape index (κ3) is 4.63. The van der Waals surface area contributed by atoms with E-state index in [2.05, 4.69) is 119 Å². The van der Waals surface area contributed by atoms with E-state index in [1.807, 2.05) is 50.4 Å². The number of H-pyrrole nitrogens is 2. The van der Waals surface area contributed by atoms with Crippen LogP contribution in [0, 0.1) is 0 Å². The smallest absolute Gasteiger partial charge is 0.157 e. The zero-order chi connectivity index (χ0) is 31.0. The van der Waals surface area contributed by atoms with Gasteiger partial charge in [0.25, 0.3) is 0 Å². The second-order valence-corrected chi connectivity index (χ2v) is 11.2. The number of rotatable bonds is 4. The summed E-state index contributed by atoms with van der Waals surface area (Å²) in [7, 11) is 0. The molecule has 0 saturated carbocycles. The molecule has 3 heterocycles. The average molecular weight is 593 g/mol. The van der Waals surface area contributed by atoms with Gasteiger partial charge in [0, 0.05) is 6.20 Å². The fourth-order valence-electron chi connectivity index (χ4n) is 6.58. The van der Waals surface area contributed by atoms with Gasteiger partial charge in [-0.15, -0.1) is 0 Å². The molecule has 0 amide bonds. The van der Waals surface area contributed by atoms with E-state index in [1.54, 1.807) is 0 Å². The maximum atomic E-state index is 5.02. The monoisotopic (exact) mass is 592 g/mol. The molecule has 0 aliphatic heterocycles. The van der Waals surface area contributed by atoms with Gasteiger partial charge in [-0.05, 0) is 97.0 Å². The lowest BCUT2D eigenvalue weighted by Gasteiger charge is -2.18. The third-order valence-electron chi connectivity index (χ3n) is 8.61. The van der Waals surface area contributed by atoms with E-state index < -0.39 is 0 Å². The van der Waals surface area contributed by atoms with Gasteiger partial charge in [0.1, 0.15) is 5.69 Å². The van der Waals surface area contributed by atoms with Crippen LogP contribution in [0.1, 0.15) is 13.8 Å². The van der Waals surface area contributed by atoms with Gasteiger partial charge < -0.3 is 9.97 Å². The van der Waals surface area contributed by atoms with Crippen molar-refractivity contribution in [2.24, 2.45) is 0 Å².